The van der Waals surface area contributed by atoms with E-state index in [0.717, 1.165) is 26.3 Å². The van der Waals surface area contributed by atoms with E-state index in [-0.39, 0.29) is 0 Å². The Kier molecular flexibility index (Phi) is 11.9. The summed E-state index contributed by atoms with van der Waals surface area (Å²) in [6.07, 6.45) is 8.47. The van der Waals surface area contributed by atoms with Crippen molar-refractivity contribution in [1.82, 2.24) is 14.7 Å². The zero-order valence-electron chi connectivity index (χ0n) is 22.1. The second kappa shape index (κ2) is 12.8. The van der Waals surface area contributed by atoms with Gasteiger partial charge in [0.1, 0.15) is 0 Å². The molecule has 0 N–H and O–H groups in total. The Morgan fingerprint density at radius 3 is 0.933 bits per heavy atom. The van der Waals surface area contributed by atoms with Gasteiger partial charge in [-0.2, -0.15) is 0 Å². The number of rotatable bonds is 0. The second-order valence-electron chi connectivity index (χ2n) is 12.2. The number of nitrogens with zero attached hydrogens (tertiary/aromatic N) is 3. The standard InChI is InChI=1S/C10H21N.C8H17NO.C8H17N/c1-10(2,3)11-8-6-4-5-7-9-11;1-8(2,3)9-4-6-10-7-5-9;1-8(2,3)9-6-4-5-7-9/h4-9H2,1-3H3;4-7H2,1-3H3;4-7H2,1-3H3. The number of hydrogen-bond donors (Lipinski definition) is 0. The molecule has 0 bridgehead atoms. The summed E-state index contributed by atoms with van der Waals surface area (Å²) in [6.45, 7) is 29.8. The van der Waals surface area contributed by atoms with E-state index in [1.54, 1.807) is 0 Å². The summed E-state index contributed by atoms with van der Waals surface area (Å²) < 4.78 is 5.25. The smallest absolute Gasteiger partial charge is 0.0594 e. The number of morpholine rings is 1. The van der Waals surface area contributed by atoms with E-state index in [4.69, 9.17) is 4.74 Å². The second-order valence-corrected chi connectivity index (χ2v) is 12.2. The van der Waals surface area contributed by atoms with Gasteiger partial charge < -0.3 is 4.74 Å². The Bertz CT molecular complexity index is 425. The highest BCUT2D eigenvalue weighted by molar-refractivity contribution is 4.80. The Morgan fingerprint density at radius 2 is 0.667 bits per heavy atom. The molecule has 0 unspecified atom stereocenters. The van der Waals surface area contributed by atoms with Crippen molar-refractivity contribution in [2.45, 2.75) is 117 Å². The molecule has 0 saturated carbocycles. The Hall–Kier alpha value is -0.160. The van der Waals surface area contributed by atoms with Gasteiger partial charge in [0.05, 0.1) is 13.2 Å². The highest BCUT2D eigenvalue weighted by atomic mass is 16.5. The molecule has 0 aromatic carbocycles. The van der Waals surface area contributed by atoms with Crippen LogP contribution in [-0.4, -0.2) is 83.8 Å². The van der Waals surface area contributed by atoms with E-state index in [1.807, 2.05) is 0 Å². The molecule has 0 radical (unpaired) electrons. The van der Waals surface area contributed by atoms with Crippen LogP contribution in [-0.2, 0) is 4.74 Å². The fourth-order valence-electron chi connectivity index (χ4n) is 4.36. The van der Waals surface area contributed by atoms with Gasteiger partial charge in [0, 0.05) is 29.7 Å². The first-order valence-corrected chi connectivity index (χ1v) is 12.6. The molecule has 0 aromatic heterocycles. The molecular formula is C26H55N3O. The van der Waals surface area contributed by atoms with Crippen LogP contribution in [0.4, 0.5) is 0 Å². The molecular weight excluding hydrogens is 370 g/mol. The van der Waals surface area contributed by atoms with Crippen LogP contribution >= 0.6 is 0 Å². The van der Waals surface area contributed by atoms with Crippen LogP contribution in [0.1, 0.15) is 101 Å². The van der Waals surface area contributed by atoms with E-state index >= 15 is 0 Å². The van der Waals surface area contributed by atoms with Crippen molar-refractivity contribution < 1.29 is 4.74 Å². The summed E-state index contributed by atoms with van der Waals surface area (Å²) in [5, 5.41) is 0. The van der Waals surface area contributed by atoms with Crippen molar-refractivity contribution in [3.8, 4) is 0 Å². The predicted molar refractivity (Wildman–Crippen MR) is 132 cm³/mol. The molecule has 3 saturated heterocycles. The highest BCUT2D eigenvalue weighted by Gasteiger charge is 2.24. The van der Waals surface area contributed by atoms with E-state index in [2.05, 4.69) is 77.0 Å². The van der Waals surface area contributed by atoms with Gasteiger partial charge in [0.25, 0.3) is 0 Å². The number of ether oxygens (including phenoxy) is 1. The molecule has 0 aliphatic carbocycles. The van der Waals surface area contributed by atoms with E-state index in [1.165, 1.54) is 64.7 Å². The van der Waals surface area contributed by atoms with E-state index in [9.17, 15) is 0 Å². The monoisotopic (exact) mass is 425 g/mol. The van der Waals surface area contributed by atoms with Crippen LogP contribution in [0.15, 0.2) is 0 Å². The third-order valence-corrected chi connectivity index (χ3v) is 6.57. The third-order valence-electron chi connectivity index (χ3n) is 6.57. The molecule has 3 rings (SSSR count). The Morgan fingerprint density at radius 1 is 0.400 bits per heavy atom. The molecule has 30 heavy (non-hydrogen) atoms. The summed E-state index contributed by atoms with van der Waals surface area (Å²) in [5.41, 5.74) is 1.13. The first-order chi connectivity index (χ1) is 13.8. The van der Waals surface area contributed by atoms with Gasteiger partial charge in [0.15, 0.2) is 0 Å². The quantitative estimate of drug-likeness (QED) is 0.498. The Labute approximate surface area is 189 Å². The van der Waals surface area contributed by atoms with Crippen molar-refractivity contribution >= 4 is 0 Å². The van der Waals surface area contributed by atoms with Gasteiger partial charge in [-0.25, -0.2) is 0 Å². The number of hydrogen-bond acceptors (Lipinski definition) is 4. The molecule has 3 aliphatic heterocycles. The van der Waals surface area contributed by atoms with E-state index < -0.39 is 0 Å². The van der Waals surface area contributed by atoms with Crippen molar-refractivity contribution in [3.05, 3.63) is 0 Å². The third kappa shape index (κ3) is 11.5. The average Bonchev–Trinajstić information content (AvgIpc) is 3.05. The van der Waals surface area contributed by atoms with E-state index in [0.29, 0.717) is 16.6 Å². The maximum Gasteiger partial charge on any atom is 0.0594 e. The summed E-state index contributed by atoms with van der Waals surface area (Å²) in [7, 11) is 0. The van der Waals surface area contributed by atoms with Gasteiger partial charge in [-0.3, -0.25) is 14.7 Å². The molecule has 0 amide bonds. The molecule has 3 heterocycles. The zero-order valence-corrected chi connectivity index (χ0v) is 22.1. The maximum atomic E-state index is 5.25. The largest absolute Gasteiger partial charge is 0.379 e. The van der Waals surface area contributed by atoms with Crippen molar-refractivity contribution in [2.24, 2.45) is 0 Å². The number of likely N-dealkylation sites (tertiary alicyclic amines) is 2. The molecule has 0 spiro atoms. The minimum atomic E-state index is 0.323. The zero-order chi connectivity index (χ0) is 22.8. The van der Waals surface area contributed by atoms with Crippen LogP contribution in [0.5, 0.6) is 0 Å². The van der Waals surface area contributed by atoms with Crippen LogP contribution in [0.2, 0.25) is 0 Å². The molecule has 4 heteroatoms. The summed E-state index contributed by atoms with van der Waals surface area (Å²) in [6, 6.07) is 0. The fraction of sp³-hybridized carbons (Fsp3) is 1.00. The van der Waals surface area contributed by atoms with Crippen LogP contribution in [0, 0.1) is 0 Å². The lowest BCUT2D eigenvalue weighted by molar-refractivity contribution is -0.00389. The molecule has 3 aliphatic rings. The SMILES string of the molecule is CC(C)(C)N1CCCC1.CC(C)(C)N1CCCCCC1.CC(C)(C)N1CCOCC1. The highest BCUT2D eigenvalue weighted by Crippen LogP contribution is 2.20. The lowest BCUT2D eigenvalue weighted by Gasteiger charge is -2.38. The molecule has 0 aromatic rings. The van der Waals surface area contributed by atoms with Crippen molar-refractivity contribution in [3.63, 3.8) is 0 Å². The average molecular weight is 426 g/mol. The fourth-order valence-corrected chi connectivity index (χ4v) is 4.36. The molecule has 4 nitrogen and oxygen atoms in total. The maximum absolute atomic E-state index is 5.25. The van der Waals surface area contributed by atoms with Gasteiger partial charge >= 0.3 is 0 Å². The minimum absolute atomic E-state index is 0.323. The van der Waals surface area contributed by atoms with Crippen LogP contribution in [0.25, 0.3) is 0 Å². The van der Waals surface area contributed by atoms with Gasteiger partial charge in [-0.1, -0.05) is 12.8 Å². The Balaban J connectivity index is 0.000000226. The van der Waals surface area contributed by atoms with Crippen LogP contribution in [0.3, 0.4) is 0 Å². The van der Waals surface area contributed by atoms with Crippen LogP contribution < -0.4 is 0 Å². The summed E-state index contributed by atoms with van der Waals surface area (Å²) >= 11 is 0. The van der Waals surface area contributed by atoms with Crippen molar-refractivity contribution in [1.29, 1.82) is 0 Å². The molecule has 0 atom stereocenters. The summed E-state index contributed by atoms with van der Waals surface area (Å²) in [5.74, 6) is 0. The topological polar surface area (TPSA) is 19.0 Å². The molecule has 3 fully saturated rings. The van der Waals surface area contributed by atoms with Gasteiger partial charge in [0.2, 0.25) is 0 Å². The first kappa shape index (κ1) is 27.9. The minimum Gasteiger partial charge on any atom is -0.379 e. The molecule has 180 valence electrons. The lowest BCUT2D eigenvalue weighted by Crippen LogP contribution is -2.47. The lowest BCUT2D eigenvalue weighted by atomic mass is 10.1. The summed E-state index contributed by atoms with van der Waals surface area (Å²) in [4.78, 5) is 7.61. The predicted octanol–water partition coefficient (Wildman–Crippen LogP) is 5.66. The van der Waals surface area contributed by atoms with Crippen molar-refractivity contribution in [2.75, 3.05) is 52.5 Å². The van der Waals surface area contributed by atoms with Gasteiger partial charge in [-0.05, 0) is 114 Å². The van der Waals surface area contributed by atoms with Gasteiger partial charge in [-0.15, -0.1) is 0 Å². The first-order valence-electron chi connectivity index (χ1n) is 12.6. The normalized spacial score (nSPS) is 23.1.